The van der Waals surface area contributed by atoms with Crippen LogP contribution in [0, 0.1) is 0 Å². The molecule has 0 radical (unpaired) electrons. The molecule has 3 aromatic rings. The van der Waals surface area contributed by atoms with Crippen LogP contribution in [0.3, 0.4) is 0 Å². The Morgan fingerprint density at radius 1 is 0.963 bits per heavy atom. The number of hydrogen-bond acceptors (Lipinski definition) is 4. The van der Waals surface area contributed by atoms with Crippen LogP contribution in [0.15, 0.2) is 35.7 Å². The zero-order chi connectivity index (χ0) is 19.6. The summed E-state index contributed by atoms with van der Waals surface area (Å²) >= 11 is 31.3. The molecule has 10 heteroatoms. The van der Waals surface area contributed by atoms with Crippen LogP contribution in [-0.2, 0) is 4.79 Å². The molecule has 1 N–H and O–H groups in total. The van der Waals surface area contributed by atoms with E-state index >= 15 is 0 Å². The van der Waals surface area contributed by atoms with Gasteiger partial charge >= 0.3 is 0 Å². The van der Waals surface area contributed by atoms with Crippen molar-refractivity contribution < 1.29 is 9.53 Å². The quantitative estimate of drug-likeness (QED) is 0.312. The van der Waals surface area contributed by atoms with Crippen molar-refractivity contribution in [1.29, 1.82) is 0 Å². The third-order valence-corrected chi connectivity index (χ3v) is 6.34. The molecule has 0 unspecified atom stereocenters. The predicted octanol–water partition coefficient (Wildman–Crippen LogP) is 7.09. The van der Waals surface area contributed by atoms with Crippen molar-refractivity contribution in [2.75, 3.05) is 11.9 Å². The summed E-state index contributed by atoms with van der Waals surface area (Å²) in [5, 5.41) is 4.89. The zero-order valence-corrected chi connectivity index (χ0v) is 17.8. The van der Waals surface area contributed by atoms with E-state index < -0.39 is 5.91 Å². The maximum Gasteiger partial charge on any atom is 0.264 e. The second-order valence-electron chi connectivity index (χ2n) is 5.14. The van der Waals surface area contributed by atoms with E-state index in [9.17, 15) is 4.79 Å². The minimum Gasteiger partial charge on any atom is -0.481 e. The van der Waals surface area contributed by atoms with E-state index in [4.69, 9.17) is 62.7 Å². The van der Waals surface area contributed by atoms with Gasteiger partial charge in [-0.3, -0.25) is 10.1 Å². The molecule has 3 rings (SSSR count). The lowest BCUT2D eigenvalue weighted by Gasteiger charge is -2.13. The van der Waals surface area contributed by atoms with Crippen LogP contribution >= 0.6 is 69.3 Å². The molecule has 140 valence electrons. The molecule has 0 atom stereocenters. The van der Waals surface area contributed by atoms with Gasteiger partial charge in [-0.15, -0.1) is 11.3 Å². The van der Waals surface area contributed by atoms with Crippen molar-refractivity contribution in [3.63, 3.8) is 0 Å². The fourth-order valence-corrected chi connectivity index (χ4v) is 4.04. The highest BCUT2D eigenvalue weighted by Gasteiger charge is 2.21. The van der Waals surface area contributed by atoms with Crippen LogP contribution in [0.1, 0.15) is 0 Å². The fraction of sp³-hybridized carbons (Fsp3) is 0.0588. The Bertz CT molecular complexity index is 965. The largest absolute Gasteiger partial charge is 0.481 e. The minimum absolute atomic E-state index is 0.00410. The average molecular weight is 483 g/mol. The van der Waals surface area contributed by atoms with Gasteiger partial charge in [0.1, 0.15) is 10.0 Å². The number of amides is 1. The predicted molar refractivity (Wildman–Crippen MR) is 113 cm³/mol. The summed E-state index contributed by atoms with van der Waals surface area (Å²) in [7, 11) is 0. The molecule has 0 spiro atoms. The molecule has 0 saturated heterocycles. The molecule has 1 aromatic heterocycles. The van der Waals surface area contributed by atoms with Crippen LogP contribution in [-0.4, -0.2) is 17.5 Å². The van der Waals surface area contributed by atoms with Crippen molar-refractivity contribution in [1.82, 2.24) is 4.98 Å². The number of benzene rings is 2. The smallest absolute Gasteiger partial charge is 0.264 e. The van der Waals surface area contributed by atoms with E-state index in [1.165, 1.54) is 11.3 Å². The van der Waals surface area contributed by atoms with Gasteiger partial charge in [-0.25, -0.2) is 4.98 Å². The maximum atomic E-state index is 12.1. The molecule has 1 amide bonds. The Hall–Kier alpha value is -1.21. The first-order valence-corrected chi connectivity index (χ1v) is 10.1. The first-order valence-electron chi connectivity index (χ1n) is 7.33. The summed E-state index contributed by atoms with van der Waals surface area (Å²) in [4.78, 5) is 16.5. The highest BCUT2D eigenvalue weighted by Crippen LogP contribution is 2.48. The third-order valence-electron chi connectivity index (χ3n) is 3.34. The van der Waals surface area contributed by atoms with Gasteiger partial charge in [-0.05, 0) is 0 Å². The Morgan fingerprint density at radius 3 is 2.19 bits per heavy atom. The van der Waals surface area contributed by atoms with Gasteiger partial charge in [-0.2, -0.15) is 0 Å². The number of halogens is 5. The summed E-state index contributed by atoms with van der Waals surface area (Å²) in [6, 6.07) is 9.61. The van der Waals surface area contributed by atoms with E-state index in [-0.39, 0.29) is 37.5 Å². The number of nitrogens with zero attached hydrogens (tertiary/aromatic N) is 1. The fourth-order valence-electron chi connectivity index (χ4n) is 2.08. The van der Waals surface area contributed by atoms with Gasteiger partial charge in [0.15, 0.2) is 17.5 Å². The van der Waals surface area contributed by atoms with Gasteiger partial charge in [0.05, 0.1) is 20.8 Å². The average Bonchev–Trinajstić information content (AvgIpc) is 3.14. The summed E-state index contributed by atoms with van der Waals surface area (Å²) < 4.78 is 5.38. The lowest BCUT2D eigenvalue weighted by atomic mass is 10.2. The van der Waals surface area contributed by atoms with Crippen molar-refractivity contribution >= 4 is 80.4 Å². The number of carbonyl (C=O) groups excluding carboxylic acids is 1. The van der Waals surface area contributed by atoms with Crippen LogP contribution in [0.5, 0.6) is 5.75 Å². The molecule has 1 heterocycles. The first-order chi connectivity index (χ1) is 12.9. The number of thiazole rings is 1. The molecule has 0 aliphatic heterocycles. The summed E-state index contributed by atoms with van der Waals surface area (Å²) in [6.45, 7) is -0.367. The number of carbonyl (C=O) groups is 1. The highest BCUT2D eigenvalue weighted by atomic mass is 35.5. The normalized spacial score (nSPS) is 10.7. The number of rotatable bonds is 5. The van der Waals surface area contributed by atoms with Crippen molar-refractivity contribution in [2.24, 2.45) is 0 Å². The Morgan fingerprint density at radius 2 is 1.56 bits per heavy atom. The lowest BCUT2D eigenvalue weighted by Crippen LogP contribution is -2.20. The molecular weight excluding hydrogens is 474 g/mol. The summed E-state index contributed by atoms with van der Waals surface area (Å²) in [5.74, 6) is -0.463. The van der Waals surface area contributed by atoms with E-state index in [0.717, 1.165) is 11.3 Å². The molecular formula is C17H9Cl5N2O2S. The number of nitrogens with one attached hydrogen (secondary N) is 1. The number of anilines is 1. The Labute approximate surface area is 183 Å². The Kier molecular flexibility index (Phi) is 6.74. The number of ether oxygens (including phenoxy) is 1. The second-order valence-corrected chi connectivity index (χ2v) is 7.89. The van der Waals surface area contributed by atoms with Crippen molar-refractivity contribution in [2.45, 2.75) is 0 Å². The van der Waals surface area contributed by atoms with Gasteiger partial charge in [0, 0.05) is 10.9 Å². The van der Waals surface area contributed by atoms with Crippen LogP contribution in [0.2, 0.25) is 25.1 Å². The zero-order valence-electron chi connectivity index (χ0n) is 13.2. The number of hydrogen-bond donors (Lipinski definition) is 1. The van der Waals surface area contributed by atoms with Crippen LogP contribution < -0.4 is 10.1 Å². The summed E-state index contributed by atoms with van der Waals surface area (Å²) in [5.41, 5.74) is 1.72. The first kappa shape index (κ1) is 20.5. The third kappa shape index (κ3) is 4.62. The molecule has 0 aliphatic carbocycles. The van der Waals surface area contributed by atoms with E-state index in [2.05, 4.69) is 10.3 Å². The molecule has 0 saturated carbocycles. The van der Waals surface area contributed by atoms with Gasteiger partial charge in [0.25, 0.3) is 5.91 Å². The standard InChI is InChI=1S/C17H9Cl5N2O2S/c18-11-12(19)14(21)16(15(22)13(11)20)26-6-10(25)24-17-23-9(7-27-17)8-4-2-1-3-5-8/h1-5,7H,6H2,(H,23,24,25). The minimum atomic E-state index is -0.446. The molecule has 0 bridgehead atoms. The van der Waals surface area contributed by atoms with Crippen molar-refractivity contribution in [3.8, 4) is 17.0 Å². The monoisotopic (exact) mass is 480 g/mol. The molecule has 2 aromatic carbocycles. The number of aromatic nitrogens is 1. The summed E-state index contributed by atoms with van der Waals surface area (Å²) in [6.07, 6.45) is 0. The lowest BCUT2D eigenvalue weighted by molar-refractivity contribution is -0.118. The van der Waals surface area contributed by atoms with Crippen LogP contribution in [0.25, 0.3) is 11.3 Å². The topological polar surface area (TPSA) is 51.2 Å². The molecule has 4 nitrogen and oxygen atoms in total. The van der Waals surface area contributed by atoms with E-state index in [0.29, 0.717) is 5.13 Å². The van der Waals surface area contributed by atoms with Crippen molar-refractivity contribution in [3.05, 3.63) is 60.8 Å². The van der Waals surface area contributed by atoms with Crippen LogP contribution in [0.4, 0.5) is 5.13 Å². The SMILES string of the molecule is O=C(COc1c(Cl)c(Cl)c(Cl)c(Cl)c1Cl)Nc1nc(-c2ccccc2)cs1. The molecule has 0 fully saturated rings. The van der Waals surface area contributed by atoms with Gasteiger partial charge in [-0.1, -0.05) is 88.3 Å². The highest BCUT2D eigenvalue weighted by molar-refractivity contribution is 7.14. The second kappa shape index (κ2) is 8.86. The maximum absolute atomic E-state index is 12.1. The molecule has 27 heavy (non-hydrogen) atoms. The van der Waals surface area contributed by atoms with E-state index in [1.807, 2.05) is 35.7 Å². The van der Waals surface area contributed by atoms with Gasteiger partial charge < -0.3 is 4.74 Å². The molecule has 0 aliphatic rings. The van der Waals surface area contributed by atoms with E-state index in [1.54, 1.807) is 0 Å². The Balaban J connectivity index is 1.67. The van der Waals surface area contributed by atoms with Gasteiger partial charge in [0.2, 0.25) is 0 Å².